The Balaban J connectivity index is 2.19. The van der Waals surface area contributed by atoms with Crippen LogP contribution in [0.15, 0.2) is 38.1 Å². The summed E-state index contributed by atoms with van der Waals surface area (Å²) in [6.45, 7) is 3.26. The van der Waals surface area contributed by atoms with Gasteiger partial charge in [-0.05, 0) is 26.0 Å². The van der Waals surface area contributed by atoms with E-state index in [4.69, 9.17) is 29.9 Å². The summed E-state index contributed by atoms with van der Waals surface area (Å²) in [5.41, 5.74) is 0.0354. The quantitative estimate of drug-likeness (QED) is 0.560. The van der Waals surface area contributed by atoms with Gasteiger partial charge in [0.2, 0.25) is 5.75 Å². The molecule has 0 amide bonds. The Labute approximate surface area is 142 Å². The van der Waals surface area contributed by atoms with E-state index in [0.29, 0.717) is 22.1 Å². The van der Waals surface area contributed by atoms with Gasteiger partial charge in [0.1, 0.15) is 18.5 Å². The van der Waals surface area contributed by atoms with Crippen LogP contribution in [0.5, 0.6) is 11.5 Å². The zero-order valence-corrected chi connectivity index (χ0v) is 14.2. The normalized spacial score (nSPS) is 13.4. The number of alkyl halides is 1. The molecule has 0 radical (unpaired) electrons. The molecule has 0 aliphatic heterocycles. The second-order valence-corrected chi connectivity index (χ2v) is 6.89. The van der Waals surface area contributed by atoms with Crippen LogP contribution in [0.1, 0.15) is 13.8 Å². The highest BCUT2D eigenvalue weighted by Crippen LogP contribution is 2.42. The number of fused-ring (bicyclic) bond motifs is 2. The molecule has 0 spiro atoms. The molecule has 3 rings (SSSR count). The van der Waals surface area contributed by atoms with E-state index in [9.17, 15) is 9.90 Å². The van der Waals surface area contributed by atoms with Crippen LogP contribution in [-0.4, -0.2) is 29.8 Å². The SMILES string of the molecule is COc1c2ccoc2c(OC[C@H](O)C(C)(C)Cl)c2oc(=O)ccc12. The third kappa shape index (κ3) is 2.83. The second-order valence-electron chi connectivity index (χ2n) is 5.91. The number of hydrogen-bond donors (Lipinski definition) is 1. The van der Waals surface area contributed by atoms with Crippen LogP contribution in [-0.2, 0) is 0 Å². The summed E-state index contributed by atoms with van der Waals surface area (Å²) in [5.74, 6) is 0.742. The highest BCUT2D eigenvalue weighted by Gasteiger charge is 2.27. The molecule has 0 fully saturated rings. The fourth-order valence-corrected chi connectivity index (χ4v) is 2.45. The maximum Gasteiger partial charge on any atom is 0.336 e. The minimum absolute atomic E-state index is 0.0909. The predicted octanol–water partition coefficient (Wildman–Crippen LogP) is 3.30. The molecule has 2 aromatic heterocycles. The smallest absolute Gasteiger partial charge is 0.336 e. The van der Waals surface area contributed by atoms with Crippen molar-refractivity contribution in [2.45, 2.75) is 24.8 Å². The van der Waals surface area contributed by atoms with Gasteiger partial charge < -0.3 is 23.4 Å². The standard InChI is InChI=1S/C17H17ClO6/c1-17(2,18)11(19)8-23-16-14-10(6-7-22-14)13(21-3)9-4-5-12(20)24-15(9)16/h4-7,11,19H,8H2,1-3H3/t11-/m0/s1. The van der Waals surface area contributed by atoms with E-state index >= 15 is 0 Å². The van der Waals surface area contributed by atoms with E-state index in [1.165, 1.54) is 19.4 Å². The monoisotopic (exact) mass is 352 g/mol. The highest BCUT2D eigenvalue weighted by atomic mass is 35.5. The van der Waals surface area contributed by atoms with Gasteiger partial charge in [-0.2, -0.15) is 0 Å². The van der Waals surface area contributed by atoms with Gasteiger partial charge in [0, 0.05) is 6.07 Å². The molecular formula is C17H17ClO6. The number of furan rings is 1. The first-order valence-corrected chi connectivity index (χ1v) is 7.71. The van der Waals surface area contributed by atoms with Gasteiger partial charge in [0.15, 0.2) is 11.2 Å². The van der Waals surface area contributed by atoms with E-state index in [0.717, 1.165) is 0 Å². The largest absolute Gasteiger partial charge is 0.495 e. The second kappa shape index (κ2) is 6.03. The number of halogens is 1. The van der Waals surface area contributed by atoms with Gasteiger partial charge in [-0.15, -0.1) is 11.6 Å². The van der Waals surface area contributed by atoms with Crippen molar-refractivity contribution in [3.8, 4) is 11.5 Å². The van der Waals surface area contributed by atoms with Crippen LogP contribution in [0.2, 0.25) is 0 Å². The van der Waals surface area contributed by atoms with Crippen LogP contribution < -0.4 is 15.1 Å². The molecule has 3 aromatic rings. The van der Waals surface area contributed by atoms with Crippen molar-refractivity contribution < 1.29 is 23.4 Å². The topological polar surface area (TPSA) is 82.0 Å². The number of hydrogen-bond acceptors (Lipinski definition) is 6. The number of aliphatic hydroxyl groups excluding tert-OH is 1. The Morgan fingerprint density at radius 2 is 1.92 bits per heavy atom. The van der Waals surface area contributed by atoms with E-state index in [2.05, 4.69) is 0 Å². The van der Waals surface area contributed by atoms with Crippen LogP contribution in [0.3, 0.4) is 0 Å². The molecule has 0 aliphatic carbocycles. The number of aliphatic hydroxyl groups is 1. The van der Waals surface area contributed by atoms with Gasteiger partial charge in [-0.3, -0.25) is 0 Å². The summed E-state index contributed by atoms with van der Waals surface area (Å²) in [6, 6.07) is 4.63. The van der Waals surface area contributed by atoms with E-state index in [1.54, 1.807) is 26.0 Å². The number of ether oxygens (including phenoxy) is 2. The molecule has 24 heavy (non-hydrogen) atoms. The zero-order valence-electron chi connectivity index (χ0n) is 13.5. The molecule has 0 saturated carbocycles. The molecule has 7 heteroatoms. The first-order valence-electron chi connectivity index (χ1n) is 7.33. The first-order chi connectivity index (χ1) is 11.3. The minimum atomic E-state index is -0.934. The van der Waals surface area contributed by atoms with Gasteiger partial charge >= 0.3 is 5.63 Å². The summed E-state index contributed by atoms with van der Waals surface area (Å²) in [6.07, 6.45) is 0.552. The number of benzene rings is 1. The van der Waals surface area contributed by atoms with Crippen LogP contribution in [0.25, 0.3) is 21.9 Å². The third-order valence-corrected chi connectivity index (χ3v) is 4.03. The van der Waals surface area contributed by atoms with Crippen molar-refractivity contribution in [3.05, 3.63) is 34.9 Å². The van der Waals surface area contributed by atoms with Crippen LogP contribution in [0.4, 0.5) is 0 Å². The van der Waals surface area contributed by atoms with Gasteiger partial charge in [-0.1, -0.05) is 0 Å². The Morgan fingerprint density at radius 3 is 2.58 bits per heavy atom. The lowest BCUT2D eigenvalue weighted by atomic mass is 10.1. The fourth-order valence-electron chi connectivity index (χ4n) is 2.39. The summed E-state index contributed by atoms with van der Waals surface area (Å²) in [7, 11) is 1.52. The van der Waals surface area contributed by atoms with Crippen LogP contribution >= 0.6 is 11.6 Å². The molecule has 1 aromatic carbocycles. The zero-order chi connectivity index (χ0) is 17.5. The Bertz CT molecular complexity index is 934. The lowest BCUT2D eigenvalue weighted by Crippen LogP contribution is -2.35. The van der Waals surface area contributed by atoms with Crippen molar-refractivity contribution in [2.24, 2.45) is 0 Å². The van der Waals surface area contributed by atoms with E-state index < -0.39 is 16.6 Å². The molecule has 0 bridgehead atoms. The summed E-state index contributed by atoms with van der Waals surface area (Å²) in [5, 5.41) is 11.3. The van der Waals surface area contributed by atoms with Crippen LogP contribution in [0, 0.1) is 0 Å². The molecule has 6 nitrogen and oxygen atoms in total. The van der Waals surface area contributed by atoms with Gasteiger partial charge in [0.05, 0.1) is 29.0 Å². The van der Waals surface area contributed by atoms with Gasteiger partial charge in [0.25, 0.3) is 0 Å². The van der Waals surface area contributed by atoms with Crippen molar-refractivity contribution in [2.75, 3.05) is 13.7 Å². The molecule has 0 saturated heterocycles. The molecule has 2 heterocycles. The molecule has 1 atom stereocenters. The lowest BCUT2D eigenvalue weighted by molar-refractivity contribution is 0.0811. The molecule has 128 valence electrons. The molecular weight excluding hydrogens is 336 g/mol. The number of rotatable bonds is 5. The van der Waals surface area contributed by atoms with Crippen molar-refractivity contribution >= 4 is 33.5 Å². The number of methoxy groups -OCH3 is 1. The Kier molecular flexibility index (Phi) is 4.19. The molecule has 1 N–H and O–H groups in total. The minimum Gasteiger partial charge on any atom is -0.495 e. The van der Waals surface area contributed by atoms with Crippen molar-refractivity contribution in [3.63, 3.8) is 0 Å². The summed E-state index contributed by atoms with van der Waals surface area (Å²) in [4.78, 5) is 10.8. The van der Waals surface area contributed by atoms with E-state index in [1.807, 2.05) is 0 Å². The highest BCUT2D eigenvalue weighted by molar-refractivity contribution is 6.23. The Hall–Kier alpha value is -2.18. The van der Waals surface area contributed by atoms with Crippen molar-refractivity contribution in [1.29, 1.82) is 0 Å². The van der Waals surface area contributed by atoms with E-state index in [-0.39, 0.29) is 17.9 Å². The maximum absolute atomic E-state index is 11.6. The average Bonchev–Trinajstić information content (AvgIpc) is 2.99. The summed E-state index contributed by atoms with van der Waals surface area (Å²) < 4.78 is 21.9. The van der Waals surface area contributed by atoms with Gasteiger partial charge in [-0.25, -0.2) is 4.79 Å². The molecule has 0 aliphatic rings. The maximum atomic E-state index is 11.6. The summed E-state index contributed by atoms with van der Waals surface area (Å²) >= 11 is 6.09. The average molecular weight is 353 g/mol. The van der Waals surface area contributed by atoms with Crippen molar-refractivity contribution in [1.82, 2.24) is 0 Å². The Morgan fingerprint density at radius 1 is 1.21 bits per heavy atom. The molecule has 0 unspecified atom stereocenters. The first kappa shape index (κ1) is 16.7. The fraction of sp³-hybridized carbons (Fsp3) is 0.353. The lowest BCUT2D eigenvalue weighted by Gasteiger charge is -2.23. The third-order valence-electron chi connectivity index (χ3n) is 3.78. The predicted molar refractivity (Wildman–Crippen MR) is 90.2 cm³/mol.